The van der Waals surface area contributed by atoms with E-state index in [0.717, 1.165) is 35.6 Å². The summed E-state index contributed by atoms with van der Waals surface area (Å²) < 4.78 is 28.4. The molecule has 0 spiro atoms. The van der Waals surface area contributed by atoms with E-state index in [4.69, 9.17) is 4.98 Å². The van der Waals surface area contributed by atoms with Crippen LogP contribution in [0.4, 0.5) is 5.69 Å². The van der Waals surface area contributed by atoms with Crippen LogP contribution in [0.2, 0.25) is 0 Å². The molecule has 0 fully saturated rings. The molecular formula is C24H33N5O3S. The number of aromatic nitrogens is 2. The predicted molar refractivity (Wildman–Crippen MR) is 132 cm³/mol. The van der Waals surface area contributed by atoms with Crippen LogP contribution >= 0.6 is 0 Å². The first kappa shape index (κ1) is 24.7. The van der Waals surface area contributed by atoms with Gasteiger partial charge in [-0.1, -0.05) is 6.92 Å². The molecule has 0 aliphatic heterocycles. The maximum Gasteiger partial charge on any atom is 0.251 e. The zero-order valence-corrected chi connectivity index (χ0v) is 21.0. The number of carbonyl (C=O) groups excluding carboxylic acids is 1. The van der Waals surface area contributed by atoms with Crippen molar-refractivity contribution >= 4 is 32.7 Å². The number of nitrogens with zero attached hydrogens (tertiary/aromatic N) is 3. The summed E-state index contributed by atoms with van der Waals surface area (Å²) in [5.41, 5.74) is 4.06. The van der Waals surface area contributed by atoms with E-state index in [1.54, 1.807) is 18.2 Å². The van der Waals surface area contributed by atoms with E-state index in [9.17, 15) is 13.2 Å². The number of nitrogens with one attached hydrogen (secondary N) is 2. The second kappa shape index (κ2) is 9.93. The van der Waals surface area contributed by atoms with Gasteiger partial charge in [0, 0.05) is 37.9 Å². The summed E-state index contributed by atoms with van der Waals surface area (Å²) in [5.74, 6) is 0.736. The topological polar surface area (TPSA) is 96.3 Å². The van der Waals surface area contributed by atoms with Crippen LogP contribution < -0.4 is 10.6 Å². The average molecular weight is 472 g/mol. The number of hydrogen-bond donors (Lipinski definition) is 2. The summed E-state index contributed by atoms with van der Waals surface area (Å²) in [4.78, 5) is 17.2. The average Bonchev–Trinajstić information content (AvgIpc) is 3.09. The van der Waals surface area contributed by atoms with Crippen LogP contribution in [-0.2, 0) is 23.1 Å². The fourth-order valence-electron chi connectivity index (χ4n) is 3.66. The Kier molecular flexibility index (Phi) is 7.44. The van der Waals surface area contributed by atoms with Gasteiger partial charge in [0.2, 0.25) is 10.0 Å². The minimum absolute atomic E-state index is 0.0791. The first-order chi connectivity index (χ1) is 15.5. The SMILES string of the molecule is CCCn1c(CNc2ccc(C(=O)NC(C)C)cc2C)nc2cc(S(=O)(=O)N(C)C)ccc21. The number of aryl methyl sites for hydroxylation is 2. The molecule has 0 atom stereocenters. The molecule has 0 radical (unpaired) electrons. The summed E-state index contributed by atoms with van der Waals surface area (Å²) in [6.07, 6.45) is 0.925. The Bertz CT molecular complexity index is 1260. The zero-order valence-electron chi connectivity index (χ0n) is 20.1. The molecule has 2 aromatic carbocycles. The van der Waals surface area contributed by atoms with Gasteiger partial charge in [0.25, 0.3) is 5.91 Å². The van der Waals surface area contributed by atoms with Crippen LogP contribution in [0.15, 0.2) is 41.3 Å². The molecular weight excluding hydrogens is 438 g/mol. The van der Waals surface area contributed by atoms with Gasteiger partial charge in [0.15, 0.2) is 0 Å². The summed E-state index contributed by atoms with van der Waals surface area (Å²) in [6.45, 7) is 9.17. The highest BCUT2D eigenvalue weighted by Crippen LogP contribution is 2.24. The Morgan fingerprint density at radius 2 is 1.88 bits per heavy atom. The van der Waals surface area contributed by atoms with Crippen LogP contribution in [-0.4, -0.2) is 48.3 Å². The Labute approximate surface area is 196 Å². The molecule has 8 nitrogen and oxygen atoms in total. The van der Waals surface area contributed by atoms with Crippen LogP contribution in [0.1, 0.15) is 48.9 Å². The molecule has 178 valence electrons. The number of benzene rings is 2. The molecule has 1 heterocycles. The van der Waals surface area contributed by atoms with Crippen LogP contribution in [0, 0.1) is 6.92 Å². The second-order valence-corrected chi connectivity index (χ2v) is 10.8. The Morgan fingerprint density at radius 3 is 2.48 bits per heavy atom. The maximum atomic E-state index is 12.5. The van der Waals surface area contributed by atoms with Crippen molar-refractivity contribution in [2.75, 3.05) is 19.4 Å². The van der Waals surface area contributed by atoms with Gasteiger partial charge in [0.1, 0.15) is 5.82 Å². The Hall–Kier alpha value is -2.91. The molecule has 9 heteroatoms. The quantitative estimate of drug-likeness (QED) is 0.495. The molecule has 3 rings (SSSR count). The van der Waals surface area contributed by atoms with Crippen LogP contribution in [0.3, 0.4) is 0 Å². The number of fused-ring (bicyclic) bond motifs is 1. The van der Waals surface area contributed by atoms with Gasteiger partial charge in [-0.15, -0.1) is 0 Å². The number of imidazole rings is 1. The van der Waals surface area contributed by atoms with Gasteiger partial charge >= 0.3 is 0 Å². The molecule has 0 saturated carbocycles. The fourth-order valence-corrected chi connectivity index (χ4v) is 4.58. The lowest BCUT2D eigenvalue weighted by Crippen LogP contribution is -2.30. The molecule has 0 aliphatic carbocycles. The van der Waals surface area contributed by atoms with Crippen molar-refractivity contribution in [3.8, 4) is 0 Å². The predicted octanol–water partition coefficient (Wildman–Crippen LogP) is 3.76. The van der Waals surface area contributed by atoms with Gasteiger partial charge in [0.05, 0.1) is 22.5 Å². The zero-order chi connectivity index (χ0) is 24.3. The lowest BCUT2D eigenvalue weighted by atomic mass is 10.1. The first-order valence-electron chi connectivity index (χ1n) is 11.1. The number of sulfonamides is 1. The lowest BCUT2D eigenvalue weighted by Gasteiger charge is -2.13. The number of hydrogen-bond acceptors (Lipinski definition) is 5. The molecule has 0 unspecified atom stereocenters. The second-order valence-electron chi connectivity index (χ2n) is 8.63. The first-order valence-corrected chi connectivity index (χ1v) is 12.6. The van der Waals surface area contributed by atoms with E-state index in [1.165, 1.54) is 18.4 Å². The van der Waals surface area contributed by atoms with Crippen molar-refractivity contribution in [2.24, 2.45) is 0 Å². The summed E-state index contributed by atoms with van der Waals surface area (Å²) >= 11 is 0. The smallest absolute Gasteiger partial charge is 0.251 e. The van der Waals surface area contributed by atoms with E-state index < -0.39 is 10.0 Å². The fraction of sp³-hybridized carbons (Fsp3) is 0.417. The number of rotatable bonds is 9. The van der Waals surface area contributed by atoms with Gasteiger partial charge in [-0.25, -0.2) is 17.7 Å². The highest BCUT2D eigenvalue weighted by atomic mass is 32.2. The van der Waals surface area contributed by atoms with Gasteiger partial charge in [-0.2, -0.15) is 0 Å². The lowest BCUT2D eigenvalue weighted by molar-refractivity contribution is 0.0943. The number of anilines is 1. The molecule has 1 aromatic heterocycles. The van der Waals surface area contributed by atoms with E-state index in [1.807, 2.05) is 39.0 Å². The molecule has 0 bridgehead atoms. The summed E-state index contributed by atoms with van der Waals surface area (Å²) in [7, 11) is -0.491. The number of amides is 1. The van der Waals surface area contributed by atoms with Crippen molar-refractivity contribution in [1.29, 1.82) is 0 Å². The molecule has 0 aliphatic rings. The molecule has 1 amide bonds. The molecule has 3 aromatic rings. The minimum atomic E-state index is -3.53. The highest BCUT2D eigenvalue weighted by molar-refractivity contribution is 7.89. The van der Waals surface area contributed by atoms with Crippen molar-refractivity contribution < 1.29 is 13.2 Å². The largest absolute Gasteiger partial charge is 0.378 e. The third kappa shape index (κ3) is 5.36. The molecule has 33 heavy (non-hydrogen) atoms. The van der Waals surface area contributed by atoms with Crippen LogP contribution in [0.25, 0.3) is 11.0 Å². The number of carbonyl (C=O) groups is 1. The molecule has 0 saturated heterocycles. The maximum absolute atomic E-state index is 12.5. The Balaban J connectivity index is 1.88. The van der Waals surface area contributed by atoms with Gasteiger partial charge in [-0.05, 0) is 69.2 Å². The highest BCUT2D eigenvalue weighted by Gasteiger charge is 2.20. The standard InChI is InChI=1S/C24H33N5O3S/c1-7-12-29-22-11-9-19(33(31,32)28(5)6)14-21(22)27-23(29)15-25-20-10-8-18(13-17(20)4)24(30)26-16(2)3/h8-11,13-14,16,25H,7,12,15H2,1-6H3,(H,26,30). The van der Waals surface area contributed by atoms with Gasteiger partial charge in [-0.3, -0.25) is 4.79 Å². The minimum Gasteiger partial charge on any atom is -0.378 e. The van der Waals surface area contributed by atoms with Gasteiger partial charge < -0.3 is 15.2 Å². The monoisotopic (exact) mass is 471 g/mol. The van der Waals surface area contributed by atoms with E-state index >= 15 is 0 Å². The normalized spacial score (nSPS) is 12.0. The Morgan fingerprint density at radius 1 is 1.15 bits per heavy atom. The van der Waals surface area contributed by atoms with Crippen molar-refractivity contribution in [2.45, 2.75) is 58.1 Å². The molecule has 2 N–H and O–H groups in total. The van der Waals surface area contributed by atoms with E-state index in [-0.39, 0.29) is 16.8 Å². The van der Waals surface area contributed by atoms with Crippen molar-refractivity contribution in [3.05, 3.63) is 53.3 Å². The van der Waals surface area contributed by atoms with Crippen LogP contribution in [0.5, 0.6) is 0 Å². The summed E-state index contributed by atoms with van der Waals surface area (Å²) in [6, 6.07) is 10.7. The van der Waals surface area contributed by atoms with E-state index in [0.29, 0.717) is 17.6 Å². The van der Waals surface area contributed by atoms with Crippen molar-refractivity contribution in [3.63, 3.8) is 0 Å². The van der Waals surface area contributed by atoms with Crippen molar-refractivity contribution in [1.82, 2.24) is 19.2 Å². The van der Waals surface area contributed by atoms with E-state index in [2.05, 4.69) is 22.1 Å². The third-order valence-electron chi connectivity index (χ3n) is 5.37. The summed E-state index contributed by atoms with van der Waals surface area (Å²) in [5, 5.41) is 6.32. The third-order valence-corrected chi connectivity index (χ3v) is 7.18.